The lowest BCUT2D eigenvalue weighted by Crippen LogP contribution is -2.30. The second kappa shape index (κ2) is 6.66. The monoisotopic (exact) mass is 157 g/mol. The molecule has 1 aliphatic heterocycles. The maximum absolute atomic E-state index is 2.41. The second-order valence-corrected chi connectivity index (χ2v) is 3.72. The van der Waals surface area contributed by atoms with Gasteiger partial charge in [-0.1, -0.05) is 27.2 Å². The van der Waals surface area contributed by atoms with Gasteiger partial charge in [-0.25, -0.2) is 0 Å². The van der Waals surface area contributed by atoms with Crippen molar-refractivity contribution in [2.75, 3.05) is 20.1 Å². The van der Waals surface area contributed by atoms with Gasteiger partial charge in [0.15, 0.2) is 0 Å². The summed E-state index contributed by atoms with van der Waals surface area (Å²) in [5, 5.41) is 0. The summed E-state index contributed by atoms with van der Waals surface area (Å²) in [6.45, 7) is 9.19. The number of nitrogens with zero attached hydrogens (tertiary/aromatic N) is 1. The highest BCUT2D eigenvalue weighted by Crippen LogP contribution is 2.12. The van der Waals surface area contributed by atoms with Gasteiger partial charge in [0, 0.05) is 6.54 Å². The van der Waals surface area contributed by atoms with Crippen LogP contribution in [0, 0.1) is 5.92 Å². The molecule has 1 aliphatic rings. The van der Waals surface area contributed by atoms with E-state index in [4.69, 9.17) is 0 Å². The van der Waals surface area contributed by atoms with E-state index in [9.17, 15) is 0 Å². The number of hydrogen-bond donors (Lipinski definition) is 0. The first-order valence-electron chi connectivity index (χ1n) is 4.89. The van der Waals surface area contributed by atoms with Crippen molar-refractivity contribution in [3.63, 3.8) is 0 Å². The third kappa shape index (κ3) is 6.36. The molecule has 1 nitrogen and oxygen atoms in total. The normalized spacial score (nSPS) is 25.6. The summed E-state index contributed by atoms with van der Waals surface area (Å²) in [6.07, 6.45) is 4.09. The average molecular weight is 157 g/mol. The summed E-state index contributed by atoms with van der Waals surface area (Å²) < 4.78 is 0. The molecule has 1 fully saturated rings. The van der Waals surface area contributed by atoms with Crippen LogP contribution in [0.3, 0.4) is 0 Å². The predicted molar refractivity (Wildman–Crippen MR) is 51.9 cm³/mol. The molecule has 1 rings (SSSR count). The van der Waals surface area contributed by atoms with Crippen LogP contribution >= 0.6 is 0 Å². The van der Waals surface area contributed by atoms with E-state index in [-0.39, 0.29) is 0 Å². The fourth-order valence-corrected chi connectivity index (χ4v) is 1.42. The van der Waals surface area contributed by atoms with Crippen LogP contribution in [-0.4, -0.2) is 25.0 Å². The van der Waals surface area contributed by atoms with Crippen molar-refractivity contribution in [2.24, 2.45) is 5.92 Å². The molecule has 0 spiro atoms. The van der Waals surface area contributed by atoms with Crippen LogP contribution in [0.5, 0.6) is 0 Å². The van der Waals surface area contributed by atoms with Gasteiger partial charge < -0.3 is 4.90 Å². The van der Waals surface area contributed by atoms with Crippen molar-refractivity contribution in [1.29, 1.82) is 0 Å². The summed E-state index contributed by atoms with van der Waals surface area (Å²) in [5.74, 6) is 0.939. The molecule has 0 aromatic rings. The number of likely N-dealkylation sites (tertiary alicyclic amines) is 1. The van der Waals surface area contributed by atoms with Crippen LogP contribution in [-0.2, 0) is 0 Å². The summed E-state index contributed by atoms with van der Waals surface area (Å²) in [5.41, 5.74) is 0. The van der Waals surface area contributed by atoms with Gasteiger partial charge in [0.05, 0.1) is 0 Å². The first kappa shape index (κ1) is 11.0. The van der Waals surface area contributed by atoms with Gasteiger partial charge >= 0.3 is 0 Å². The topological polar surface area (TPSA) is 3.24 Å². The molecule has 0 saturated carbocycles. The fourth-order valence-electron chi connectivity index (χ4n) is 1.42. The Balaban J connectivity index is 0.000000292. The Bertz CT molecular complexity index is 72.9. The highest BCUT2D eigenvalue weighted by atomic mass is 15.1. The van der Waals surface area contributed by atoms with Gasteiger partial charge in [-0.15, -0.1) is 0 Å². The van der Waals surface area contributed by atoms with Crippen molar-refractivity contribution in [1.82, 2.24) is 4.90 Å². The van der Waals surface area contributed by atoms with Crippen molar-refractivity contribution >= 4 is 0 Å². The van der Waals surface area contributed by atoms with Crippen LogP contribution in [0.15, 0.2) is 0 Å². The molecule has 0 unspecified atom stereocenters. The first-order valence-corrected chi connectivity index (χ1v) is 4.89. The lowest BCUT2D eigenvalue weighted by atomic mass is 10.0. The molecule has 1 atom stereocenters. The van der Waals surface area contributed by atoms with E-state index in [2.05, 4.69) is 32.7 Å². The Hall–Kier alpha value is -0.0400. The molecular weight excluding hydrogens is 134 g/mol. The van der Waals surface area contributed by atoms with Crippen molar-refractivity contribution in [2.45, 2.75) is 40.0 Å². The molecule has 0 aromatic heterocycles. The largest absolute Gasteiger partial charge is 0.306 e. The lowest BCUT2D eigenvalue weighted by Gasteiger charge is -2.26. The smallest absolute Gasteiger partial charge is 0.000398 e. The SMILES string of the molecule is CCC.C[C@@H]1CCCN(C)C1. The van der Waals surface area contributed by atoms with Crippen molar-refractivity contribution in [3.05, 3.63) is 0 Å². The molecule has 0 bridgehead atoms. The molecule has 0 aromatic carbocycles. The summed E-state index contributed by atoms with van der Waals surface area (Å²) in [4.78, 5) is 2.41. The zero-order valence-corrected chi connectivity index (χ0v) is 8.56. The van der Waals surface area contributed by atoms with E-state index in [1.54, 1.807) is 0 Å². The molecule has 0 N–H and O–H groups in total. The van der Waals surface area contributed by atoms with Gasteiger partial charge in [0.2, 0.25) is 0 Å². The quantitative estimate of drug-likeness (QED) is 0.522. The van der Waals surface area contributed by atoms with Gasteiger partial charge in [-0.05, 0) is 32.4 Å². The van der Waals surface area contributed by atoms with E-state index >= 15 is 0 Å². The minimum atomic E-state index is 0.939. The Morgan fingerprint density at radius 3 is 2.18 bits per heavy atom. The van der Waals surface area contributed by atoms with Gasteiger partial charge in [-0.2, -0.15) is 0 Å². The van der Waals surface area contributed by atoms with Gasteiger partial charge in [0.1, 0.15) is 0 Å². The standard InChI is InChI=1S/C7H15N.C3H8/c1-7-4-3-5-8(2)6-7;1-3-2/h7H,3-6H2,1-2H3;3H2,1-2H3/t7-;/m1./s1. The summed E-state index contributed by atoms with van der Waals surface area (Å²) >= 11 is 0. The maximum atomic E-state index is 2.41. The molecule has 0 aliphatic carbocycles. The van der Waals surface area contributed by atoms with Crippen LogP contribution in [0.1, 0.15) is 40.0 Å². The number of hydrogen-bond acceptors (Lipinski definition) is 1. The second-order valence-electron chi connectivity index (χ2n) is 3.72. The van der Waals surface area contributed by atoms with E-state index in [0.717, 1.165) is 5.92 Å². The van der Waals surface area contributed by atoms with Crippen LogP contribution in [0.2, 0.25) is 0 Å². The molecule has 1 heterocycles. The Labute approximate surface area is 71.8 Å². The summed E-state index contributed by atoms with van der Waals surface area (Å²) in [6, 6.07) is 0. The Kier molecular flexibility index (Phi) is 6.63. The lowest BCUT2D eigenvalue weighted by molar-refractivity contribution is 0.221. The molecule has 0 amide bonds. The van der Waals surface area contributed by atoms with Crippen molar-refractivity contribution < 1.29 is 0 Å². The van der Waals surface area contributed by atoms with E-state index in [0.29, 0.717) is 0 Å². The summed E-state index contributed by atoms with van der Waals surface area (Å²) in [7, 11) is 2.20. The van der Waals surface area contributed by atoms with Crippen molar-refractivity contribution in [3.8, 4) is 0 Å². The molecule has 1 saturated heterocycles. The molecule has 11 heavy (non-hydrogen) atoms. The van der Waals surface area contributed by atoms with Crippen LogP contribution < -0.4 is 0 Å². The highest BCUT2D eigenvalue weighted by Gasteiger charge is 2.11. The van der Waals surface area contributed by atoms with Gasteiger partial charge in [-0.3, -0.25) is 0 Å². The van der Waals surface area contributed by atoms with E-state index in [1.165, 1.54) is 32.4 Å². The Morgan fingerprint density at radius 2 is 1.91 bits per heavy atom. The predicted octanol–water partition coefficient (Wildman–Crippen LogP) is 2.76. The minimum absolute atomic E-state index is 0.939. The fraction of sp³-hybridized carbons (Fsp3) is 1.00. The molecule has 0 radical (unpaired) electrons. The number of piperidine rings is 1. The zero-order valence-electron chi connectivity index (χ0n) is 8.56. The Morgan fingerprint density at radius 1 is 1.36 bits per heavy atom. The third-order valence-electron chi connectivity index (χ3n) is 1.86. The number of rotatable bonds is 0. The maximum Gasteiger partial charge on any atom is 0.000398 e. The zero-order chi connectivity index (χ0) is 8.69. The van der Waals surface area contributed by atoms with E-state index < -0.39 is 0 Å². The molecule has 1 heteroatoms. The minimum Gasteiger partial charge on any atom is -0.306 e. The first-order chi connectivity index (χ1) is 5.20. The third-order valence-corrected chi connectivity index (χ3v) is 1.86. The van der Waals surface area contributed by atoms with Crippen LogP contribution in [0.4, 0.5) is 0 Å². The molecule has 68 valence electrons. The van der Waals surface area contributed by atoms with Crippen LogP contribution in [0.25, 0.3) is 0 Å². The average Bonchev–Trinajstić information content (AvgIpc) is 1.88. The molecular formula is C10H23N. The highest BCUT2D eigenvalue weighted by molar-refractivity contribution is 4.65. The van der Waals surface area contributed by atoms with Gasteiger partial charge in [0.25, 0.3) is 0 Å². The van der Waals surface area contributed by atoms with E-state index in [1.807, 2.05) is 0 Å².